The van der Waals surface area contributed by atoms with Gasteiger partial charge in [0.15, 0.2) is 5.76 Å². The second-order valence-electron chi connectivity index (χ2n) is 6.35. The molecule has 7 heteroatoms. The monoisotopic (exact) mass is 345 g/mol. The van der Waals surface area contributed by atoms with Crippen molar-refractivity contribution < 1.29 is 18.7 Å². The molecule has 2 aromatic rings. The van der Waals surface area contributed by atoms with Crippen molar-refractivity contribution in [3.8, 4) is 0 Å². The van der Waals surface area contributed by atoms with Gasteiger partial charge in [0.05, 0.1) is 25.9 Å². The lowest BCUT2D eigenvalue weighted by Gasteiger charge is -2.23. The van der Waals surface area contributed by atoms with Gasteiger partial charge in [0, 0.05) is 18.4 Å². The Kier molecular flexibility index (Phi) is 5.53. The highest BCUT2D eigenvalue weighted by Crippen LogP contribution is 2.25. The SMILES string of the molecule is COC(=O)[C@@H]1CCCCC[C@H]1NC(=O)c1ccc(Cn2ccnc2)o1. The zero-order chi connectivity index (χ0) is 17.6. The molecule has 1 N–H and O–H groups in total. The number of hydrogen-bond donors (Lipinski definition) is 1. The van der Waals surface area contributed by atoms with Crippen LogP contribution in [0.5, 0.6) is 0 Å². The van der Waals surface area contributed by atoms with E-state index in [4.69, 9.17) is 9.15 Å². The largest absolute Gasteiger partial charge is 0.469 e. The molecule has 7 nitrogen and oxygen atoms in total. The molecule has 134 valence electrons. The second-order valence-corrected chi connectivity index (χ2v) is 6.35. The van der Waals surface area contributed by atoms with E-state index in [2.05, 4.69) is 10.3 Å². The molecule has 2 heterocycles. The third-order valence-corrected chi connectivity index (χ3v) is 4.62. The van der Waals surface area contributed by atoms with Crippen molar-refractivity contribution in [3.05, 3.63) is 42.4 Å². The first-order valence-electron chi connectivity index (χ1n) is 8.60. The normalized spacial score (nSPS) is 20.7. The van der Waals surface area contributed by atoms with Gasteiger partial charge in [0.1, 0.15) is 5.76 Å². The molecule has 0 spiro atoms. The van der Waals surface area contributed by atoms with Gasteiger partial charge in [0.25, 0.3) is 5.91 Å². The van der Waals surface area contributed by atoms with Crippen LogP contribution in [-0.4, -0.2) is 34.6 Å². The van der Waals surface area contributed by atoms with Gasteiger partial charge in [-0.3, -0.25) is 9.59 Å². The fourth-order valence-corrected chi connectivity index (χ4v) is 3.30. The molecule has 0 aliphatic heterocycles. The number of furan rings is 1. The highest BCUT2D eigenvalue weighted by Gasteiger charge is 2.32. The summed E-state index contributed by atoms with van der Waals surface area (Å²) in [6, 6.07) is 3.22. The van der Waals surface area contributed by atoms with Gasteiger partial charge < -0.3 is 19.0 Å². The molecular weight excluding hydrogens is 322 g/mol. The number of carbonyl (C=O) groups excluding carboxylic acids is 2. The molecule has 0 aromatic carbocycles. The molecule has 1 aliphatic carbocycles. The predicted octanol–water partition coefficient (Wildman–Crippen LogP) is 2.38. The number of carbonyl (C=O) groups is 2. The van der Waals surface area contributed by atoms with E-state index in [1.807, 2.05) is 10.8 Å². The van der Waals surface area contributed by atoms with Crippen molar-refractivity contribution in [2.75, 3.05) is 7.11 Å². The number of hydrogen-bond acceptors (Lipinski definition) is 5. The van der Waals surface area contributed by atoms with Crippen LogP contribution in [0, 0.1) is 5.92 Å². The zero-order valence-corrected chi connectivity index (χ0v) is 14.3. The van der Waals surface area contributed by atoms with Crippen LogP contribution in [0.1, 0.15) is 48.4 Å². The highest BCUT2D eigenvalue weighted by atomic mass is 16.5. The smallest absolute Gasteiger partial charge is 0.310 e. The van der Waals surface area contributed by atoms with E-state index in [-0.39, 0.29) is 29.6 Å². The van der Waals surface area contributed by atoms with E-state index in [0.717, 1.165) is 32.1 Å². The maximum atomic E-state index is 12.5. The summed E-state index contributed by atoms with van der Waals surface area (Å²) >= 11 is 0. The Balaban J connectivity index is 1.65. The number of methoxy groups -OCH3 is 1. The Hall–Kier alpha value is -2.57. The first-order chi connectivity index (χ1) is 12.2. The Bertz CT molecular complexity index is 708. The predicted molar refractivity (Wildman–Crippen MR) is 89.9 cm³/mol. The van der Waals surface area contributed by atoms with Crippen molar-refractivity contribution in [1.82, 2.24) is 14.9 Å². The van der Waals surface area contributed by atoms with E-state index >= 15 is 0 Å². The quantitative estimate of drug-likeness (QED) is 0.664. The van der Waals surface area contributed by atoms with Gasteiger partial charge in [-0.25, -0.2) is 4.98 Å². The maximum absolute atomic E-state index is 12.5. The lowest BCUT2D eigenvalue weighted by molar-refractivity contribution is -0.146. The minimum atomic E-state index is -0.295. The van der Waals surface area contributed by atoms with E-state index in [0.29, 0.717) is 12.3 Å². The summed E-state index contributed by atoms with van der Waals surface area (Å²) in [5.41, 5.74) is 0. The molecule has 1 fully saturated rings. The molecule has 2 atom stereocenters. The van der Waals surface area contributed by atoms with Crippen LogP contribution in [0.25, 0.3) is 0 Å². The summed E-state index contributed by atoms with van der Waals surface area (Å²) in [6.07, 6.45) is 9.74. The van der Waals surface area contributed by atoms with Crippen LogP contribution >= 0.6 is 0 Å². The molecule has 1 aliphatic rings. The number of aromatic nitrogens is 2. The molecule has 0 bridgehead atoms. The van der Waals surface area contributed by atoms with Gasteiger partial charge >= 0.3 is 5.97 Å². The molecule has 25 heavy (non-hydrogen) atoms. The molecular formula is C18H23N3O4. The molecule has 3 rings (SSSR count). The van der Waals surface area contributed by atoms with Gasteiger partial charge in [0.2, 0.25) is 0 Å². The first kappa shape index (κ1) is 17.3. The third kappa shape index (κ3) is 4.29. The van der Waals surface area contributed by atoms with Crippen molar-refractivity contribution in [1.29, 1.82) is 0 Å². The molecule has 2 aromatic heterocycles. The Labute approximate surface area is 146 Å². The van der Waals surface area contributed by atoms with Crippen molar-refractivity contribution >= 4 is 11.9 Å². The fraction of sp³-hybridized carbons (Fsp3) is 0.500. The minimum Gasteiger partial charge on any atom is -0.469 e. The number of amides is 1. The van der Waals surface area contributed by atoms with Crippen LogP contribution < -0.4 is 5.32 Å². The summed E-state index contributed by atoms with van der Waals surface area (Å²) < 4.78 is 12.4. The lowest BCUT2D eigenvalue weighted by Crippen LogP contribution is -2.43. The lowest BCUT2D eigenvalue weighted by atomic mass is 9.94. The van der Waals surface area contributed by atoms with Crippen molar-refractivity contribution in [2.24, 2.45) is 5.92 Å². The van der Waals surface area contributed by atoms with E-state index in [1.165, 1.54) is 7.11 Å². The van der Waals surface area contributed by atoms with E-state index in [1.54, 1.807) is 24.7 Å². The van der Waals surface area contributed by atoms with Gasteiger partial charge in [-0.15, -0.1) is 0 Å². The third-order valence-electron chi connectivity index (χ3n) is 4.62. The number of rotatable bonds is 5. The standard InChI is InChI=1S/C18H23N3O4/c1-24-18(23)14-5-3-2-4-6-15(14)20-17(22)16-8-7-13(25-16)11-21-10-9-19-12-21/h7-10,12,14-15H,2-6,11H2,1H3,(H,20,22)/t14-,15-/m1/s1. The highest BCUT2D eigenvalue weighted by molar-refractivity contribution is 5.92. The van der Waals surface area contributed by atoms with E-state index in [9.17, 15) is 9.59 Å². The first-order valence-corrected chi connectivity index (χ1v) is 8.60. The topological polar surface area (TPSA) is 86.4 Å². The molecule has 0 radical (unpaired) electrons. The number of esters is 1. The summed E-state index contributed by atoms with van der Waals surface area (Å²) in [5, 5.41) is 2.96. The average molecular weight is 345 g/mol. The number of ether oxygens (including phenoxy) is 1. The number of nitrogens with zero attached hydrogens (tertiary/aromatic N) is 2. The number of imidazole rings is 1. The van der Waals surface area contributed by atoms with Gasteiger partial charge in [-0.05, 0) is 25.0 Å². The molecule has 0 unspecified atom stereocenters. The van der Waals surface area contributed by atoms with E-state index < -0.39 is 0 Å². The summed E-state index contributed by atoms with van der Waals surface area (Å²) in [7, 11) is 1.39. The number of nitrogens with one attached hydrogen (secondary N) is 1. The van der Waals surface area contributed by atoms with Crippen LogP contribution in [0.2, 0.25) is 0 Å². The minimum absolute atomic E-state index is 0.218. The van der Waals surface area contributed by atoms with Crippen molar-refractivity contribution in [2.45, 2.75) is 44.7 Å². The Morgan fingerprint density at radius 1 is 1.32 bits per heavy atom. The molecule has 0 saturated heterocycles. The summed E-state index contributed by atoms with van der Waals surface area (Å²) in [6.45, 7) is 0.515. The van der Waals surface area contributed by atoms with Gasteiger partial charge in [-0.2, -0.15) is 0 Å². The Morgan fingerprint density at radius 3 is 2.92 bits per heavy atom. The van der Waals surface area contributed by atoms with Crippen LogP contribution in [0.3, 0.4) is 0 Å². The van der Waals surface area contributed by atoms with Gasteiger partial charge in [-0.1, -0.05) is 19.3 Å². The molecule has 1 amide bonds. The summed E-state index contributed by atoms with van der Waals surface area (Å²) in [4.78, 5) is 28.5. The Morgan fingerprint density at radius 2 is 2.16 bits per heavy atom. The molecule has 1 saturated carbocycles. The van der Waals surface area contributed by atoms with Crippen LogP contribution in [0.15, 0.2) is 35.3 Å². The van der Waals surface area contributed by atoms with Crippen LogP contribution in [-0.2, 0) is 16.1 Å². The van der Waals surface area contributed by atoms with Crippen molar-refractivity contribution in [3.63, 3.8) is 0 Å². The average Bonchev–Trinajstić information content (AvgIpc) is 3.24. The fourth-order valence-electron chi connectivity index (χ4n) is 3.30. The maximum Gasteiger partial charge on any atom is 0.310 e. The zero-order valence-electron chi connectivity index (χ0n) is 14.3. The van der Waals surface area contributed by atoms with Crippen LogP contribution in [0.4, 0.5) is 0 Å². The summed E-state index contributed by atoms with van der Waals surface area (Å²) in [5.74, 6) is 0.0819. The second kappa shape index (κ2) is 8.00.